The molecule has 0 unspecified atom stereocenters. The lowest BCUT2D eigenvalue weighted by Gasteiger charge is -2.06. The van der Waals surface area contributed by atoms with Crippen LogP contribution in [0, 0.1) is 10.1 Å². The van der Waals surface area contributed by atoms with Crippen LogP contribution in [0.15, 0.2) is 18.2 Å². The molecule has 0 spiro atoms. The van der Waals surface area contributed by atoms with Crippen LogP contribution in [0.5, 0.6) is 5.75 Å². The summed E-state index contributed by atoms with van der Waals surface area (Å²) in [5.41, 5.74) is 5.59. The van der Waals surface area contributed by atoms with Crippen molar-refractivity contribution in [2.45, 2.75) is 0 Å². The lowest BCUT2D eigenvalue weighted by molar-refractivity contribution is -0.384. The number of nitrogens with zero attached hydrogens (tertiary/aromatic N) is 1. The van der Waals surface area contributed by atoms with E-state index >= 15 is 0 Å². The van der Waals surface area contributed by atoms with Crippen LogP contribution in [0.1, 0.15) is 0 Å². The Morgan fingerprint density at radius 3 is 2.67 bits per heavy atom. The molecule has 1 rings (SSSR count). The number of nitrogens with two attached hydrogens (primary N) is 1. The van der Waals surface area contributed by atoms with Crippen LogP contribution in [-0.4, -0.2) is 23.2 Å². The molecule has 0 amide bonds. The third kappa shape index (κ3) is 3.61. The van der Waals surface area contributed by atoms with Crippen LogP contribution < -0.4 is 10.5 Å². The van der Waals surface area contributed by atoms with Crippen LogP contribution in [0.25, 0.3) is 0 Å². The van der Waals surface area contributed by atoms with E-state index in [0.717, 1.165) is 0 Å². The zero-order valence-corrected chi connectivity index (χ0v) is 8.57. The highest BCUT2D eigenvalue weighted by molar-refractivity contribution is 5.85. The summed E-state index contributed by atoms with van der Waals surface area (Å²) in [7, 11) is 0. The number of hydrogen-bond acceptors (Lipinski definition) is 5. The molecular formula is C8H11ClN2O4. The number of halogens is 1. The summed E-state index contributed by atoms with van der Waals surface area (Å²) < 4.78 is 5.02. The van der Waals surface area contributed by atoms with Gasteiger partial charge < -0.3 is 15.6 Å². The number of anilines is 1. The standard InChI is InChI=1S/C8H10N2O4.ClH/c9-7-5-6(10(12)13)1-2-8(7)14-4-3-11;/h1-2,5,11H,3-4,9H2;1H. The lowest BCUT2D eigenvalue weighted by atomic mass is 10.2. The van der Waals surface area contributed by atoms with Crippen molar-refractivity contribution in [3.8, 4) is 5.75 Å². The van der Waals surface area contributed by atoms with Crippen molar-refractivity contribution in [2.24, 2.45) is 0 Å². The number of ether oxygens (including phenoxy) is 1. The predicted octanol–water partition coefficient (Wildman–Crippen LogP) is 0.970. The quantitative estimate of drug-likeness (QED) is 0.459. The zero-order chi connectivity index (χ0) is 10.6. The van der Waals surface area contributed by atoms with Crippen LogP contribution in [0.3, 0.4) is 0 Å². The van der Waals surface area contributed by atoms with Crippen molar-refractivity contribution < 1.29 is 14.8 Å². The maximum Gasteiger partial charge on any atom is 0.271 e. The van der Waals surface area contributed by atoms with E-state index in [9.17, 15) is 10.1 Å². The minimum absolute atomic E-state index is 0. The smallest absolute Gasteiger partial charge is 0.271 e. The average molecular weight is 235 g/mol. The van der Waals surface area contributed by atoms with E-state index < -0.39 is 4.92 Å². The number of hydrogen-bond donors (Lipinski definition) is 2. The van der Waals surface area contributed by atoms with Crippen molar-refractivity contribution >= 4 is 23.8 Å². The normalized spacial score (nSPS) is 9.13. The number of rotatable bonds is 4. The molecule has 15 heavy (non-hydrogen) atoms. The molecule has 0 bridgehead atoms. The van der Waals surface area contributed by atoms with Crippen LogP contribution >= 0.6 is 12.4 Å². The van der Waals surface area contributed by atoms with Gasteiger partial charge >= 0.3 is 0 Å². The number of nitro benzene ring substituents is 1. The number of nitrogen functional groups attached to an aromatic ring is 1. The van der Waals surface area contributed by atoms with Gasteiger partial charge in [-0.2, -0.15) is 0 Å². The maximum absolute atomic E-state index is 10.3. The van der Waals surface area contributed by atoms with E-state index in [1.165, 1.54) is 18.2 Å². The van der Waals surface area contributed by atoms with Crippen molar-refractivity contribution in [3.05, 3.63) is 28.3 Å². The second-order valence-corrected chi connectivity index (χ2v) is 2.55. The molecule has 1 aromatic rings. The highest BCUT2D eigenvalue weighted by atomic mass is 35.5. The minimum Gasteiger partial charge on any atom is -0.489 e. The Morgan fingerprint density at radius 1 is 1.53 bits per heavy atom. The summed E-state index contributed by atoms with van der Waals surface area (Å²) in [4.78, 5) is 9.81. The molecule has 0 radical (unpaired) electrons. The molecule has 6 nitrogen and oxygen atoms in total. The van der Waals surface area contributed by atoms with E-state index in [0.29, 0.717) is 5.75 Å². The Hall–Kier alpha value is -1.53. The second-order valence-electron chi connectivity index (χ2n) is 2.55. The topological polar surface area (TPSA) is 98.6 Å². The zero-order valence-electron chi connectivity index (χ0n) is 7.75. The summed E-state index contributed by atoms with van der Waals surface area (Å²) in [5, 5.41) is 18.8. The first kappa shape index (κ1) is 13.5. The molecule has 0 aromatic heterocycles. The lowest BCUT2D eigenvalue weighted by Crippen LogP contribution is -2.04. The molecule has 1 aromatic carbocycles. The summed E-state index contributed by atoms with van der Waals surface area (Å²) in [6.45, 7) is -0.0154. The summed E-state index contributed by atoms with van der Waals surface area (Å²) in [5.74, 6) is 0.338. The Labute approximate surface area is 92.2 Å². The third-order valence-electron chi connectivity index (χ3n) is 1.55. The van der Waals surface area contributed by atoms with E-state index in [1.54, 1.807) is 0 Å². The number of nitro groups is 1. The molecule has 0 atom stereocenters. The van der Waals surface area contributed by atoms with Crippen LogP contribution in [0.4, 0.5) is 11.4 Å². The molecule has 3 N–H and O–H groups in total. The molecule has 0 saturated carbocycles. The molecular weight excluding hydrogens is 224 g/mol. The van der Waals surface area contributed by atoms with Crippen molar-refractivity contribution in [1.29, 1.82) is 0 Å². The van der Waals surface area contributed by atoms with Gasteiger partial charge in [0.15, 0.2) is 0 Å². The number of non-ortho nitro benzene ring substituents is 1. The highest BCUT2D eigenvalue weighted by Crippen LogP contribution is 2.25. The van der Waals surface area contributed by atoms with Gasteiger partial charge in [-0.1, -0.05) is 0 Å². The second kappa shape index (κ2) is 6.05. The van der Waals surface area contributed by atoms with Gasteiger partial charge in [0.25, 0.3) is 5.69 Å². The SMILES string of the molecule is Cl.Nc1cc([N+](=O)[O-])ccc1OCCO. The minimum atomic E-state index is -0.536. The van der Waals surface area contributed by atoms with Crippen molar-refractivity contribution in [3.63, 3.8) is 0 Å². The summed E-state index contributed by atoms with van der Waals surface area (Å²) in [6.07, 6.45) is 0. The molecule has 0 aliphatic rings. The van der Waals surface area contributed by atoms with Gasteiger partial charge in [0.2, 0.25) is 0 Å². The van der Waals surface area contributed by atoms with E-state index in [-0.39, 0.29) is 37.0 Å². The third-order valence-corrected chi connectivity index (χ3v) is 1.55. The number of benzene rings is 1. The molecule has 0 aliphatic carbocycles. The molecule has 0 fully saturated rings. The molecule has 7 heteroatoms. The molecule has 0 saturated heterocycles. The van der Waals surface area contributed by atoms with E-state index in [4.69, 9.17) is 15.6 Å². The fourth-order valence-electron chi connectivity index (χ4n) is 0.936. The van der Waals surface area contributed by atoms with Gasteiger partial charge in [0.1, 0.15) is 12.4 Å². The fraction of sp³-hybridized carbons (Fsp3) is 0.250. The molecule has 0 heterocycles. The Bertz CT molecular complexity index is 345. The van der Waals surface area contributed by atoms with Crippen LogP contribution in [-0.2, 0) is 0 Å². The first-order valence-corrected chi connectivity index (χ1v) is 3.92. The van der Waals surface area contributed by atoms with Gasteiger partial charge in [0, 0.05) is 12.1 Å². The Balaban J connectivity index is 0.00000196. The maximum atomic E-state index is 10.3. The van der Waals surface area contributed by atoms with Gasteiger partial charge in [0.05, 0.1) is 17.2 Å². The fourth-order valence-corrected chi connectivity index (χ4v) is 0.936. The van der Waals surface area contributed by atoms with Gasteiger partial charge in [-0.25, -0.2) is 0 Å². The van der Waals surface area contributed by atoms with E-state index in [2.05, 4.69) is 0 Å². The largest absolute Gasteiger partial charge is 0.489 e. The average Bonchev–Trinajstić information content (AvgIpc) is 2.15. The Morgan fingerprint density at radius 2 is 2.20 bits per heavy atom. The predicted molar refractivity (Wildman–Crippen MR) is 57.3 cm³/mol. The first-order chi connectivity index (χ1) is 6.65. The molecule has 0 aliphatic heterocycles. The monoisotopic (exact) mass is 234 g/mol. The van der Waals surface area contributed by atoms with Crippen molar-refractivity contribution in [1.82, 2.24) is 0 Å². The first-order valence-electron chi connectivity index (χ1n) is 3.92. The number of aliphatic hydroxyl groups is 1. The number of aliphatic hydroxyl groups excluding tert-OH is 1. The van der Waals surface area contributed by atoms with Gasteiger partial charge in [-0.05, 0) is 6.07 Å². The van der Waals surface area contributed by atoms with Gasteiger partial charge in [-0.15, -0.1) is 12.4 Å². The summed E-state index contributed by atoms with van der Waals surface area (Å²) >= 11 is 0. The molecule has 84 valence electrons. The van der Waals surface area contributed by atoms with E-state index in [1.807, 2.05) is 0 Å². The van der Waals surface area contributed by atoms with Crippen LogP contribution in [0.2, 0.25) is 0 Å². The highest BCUT2D eigenvalue weighted by Gasteiger charge is 2.08. The van der Waals surface area contributed by atoms with Gasteiger partial charge in [-0.3, -0.25) is 10.1 Å². The Kier molecular flexibility index (Phi) is 5.43. The summed E-state index contributed by atoms with van der Waals surface area (Å²) in [6, 6.07) is 3.92. The van der Waals surface area contributed by atoms with Crippen molar-refractivity contribution in [2.75, 3.05) is 18.9 Å².